The van der Waals surface area contributed by atoms with Crippen molar-refractivity contribution in [2.75, 3.05) is 18.0 Å². The highest BCUT2D eigenvalue weighted by molar-refractivity contribution is 7.99. The first-order valence-electron chi connectivity index (χ1n) is 3.68. The molecule has 0 aliphatic heterocycles. The Bertz CT molecular complexity index is 286. The van der Waals surface area contributed by atoms with E-state index in [0.29, 0.717) is 17.5 Å². The molecule has 0 radical (unpaired) electrons. The molecular weight excluding hydrogens is 198 g/mol. The summed E-state index contributed by atoms with van der Waals surface area (Å²) in [5.74, 6) is 0.845. The lowest BCUT2D eigenvalue weighted by Gasteiger charge is -1.98. The van der Waals surface area contributed by atoms with Gasteiger partial charge >= 0.3 is 0 Å². The van der Waals surface area contributed by atoms with Crippen LogP contribution in [0.5, 0.6) is 0 Å². The largest absolute Gasteiger partial charge is 0.368 e. The molecule has 1 aromatic heterocycles. The van der Waals surface area contributed by atoms with Crippen LogP contribution in [0.1, 0.15) is 0 Å². The highest BCUT2D eigenvalue weighted by Crippen LogP contribution is 2.14. The van der Waals surface area contributed by atoms with Gasteiger partial charge in [-0.2, -0.15) is 15.0 Å². The smallest absolute Gasteiger partial charge is 0.228 e. The number of nitrogens with zero attached hydrogens (tertiary/aromatic N) is 3. The molecule has 12 heavy (non-hydrogen) atoms. The lowest BCUT2D eigenvalue weighted by molar-refractivity contribution is 0.915. The zero-order valence-corrected chi connectivity index (χ0v) is 7.69. The summed E-state index contributed by atoms with van der Waals surface area (Å²) in [5, 5.41) is 0.546. The fourth-order valence-electron chi connectivity index (χ4n) is 0.547. The molecule has 0 unspecified atom stereocenters. The maximum atomic E-state index is 6.82. The van der Waals surface area contributed by atoms with Crippen molar-refractivity contribution in [1.82, 2.24) is 15.0 Å². The van der Waals surface area contributed by atoms with E-state index in [1.165, 1.54) is 11.8 Å². The van der Waals surface area contributed by atoms with Crippen LogP contribution >= 0.6 is 23.4 Å². The van der Waals surface area contributed by atoms with Gasteiger partial charge in [0, 0.05) is 12.3 Å². The maximum Gasteiger partial charge on any atom is 0.228 e. The van der Waals surface area contributed by atoms with Crippen LogP contribution in [-0.2, 0) is 0 Å². The van der Waals surface area contributed by atoms with Crippen LogP contribution in [0.15, 0.2) is 5.16 Å². The fourth-order valence-corrected chi connectivity index (χ4v) is 1.36. The minimum absolute atomic E-state index is 0.0734. The SMILES string of the molecule is [2H]Nc1nc(Cl)nc(SCCN)n1. The second-order valence-corrected chi connectivity index (χ2v) is 3.25. The lowest BCUT2D eigenvalue weighted by Crippen LogP contribution is -2.04. The molecule has 1 aromatic rings. The van der Waals surface area contributed by atoms with Gasteiger partial charge in [0.15, 0.2) is 6.57 Å². The predicted octanol–water partition coefficient (Wildman–Crippen LogP) is 0.158. The Balaban J connectivity index is 2.76. The highest BCUT2D eigenvalue weighted by Gasteiger charge is 2.01. The molecule has 1 rings (SSSR count). The Kier molecular flexibility index (Phi) is 2.97. The summed E-state index contributed by atoms with van der Waals surface area (Å²) in [6, 6.07) is 0. The molecule has 0 spiro atoms. The quantitative estimate of drug-likeness (QED) is 0.682. The molecule has 1 heterocycles. The Labute approximate surface area is 80.4 Å². The molecule has 0 bridgehead atoms. The van der Waals surface area contributed by atoms with Crippen molar-refractivity contribution < 1.29 is 1.41 Å². The van der Waals surface area contributed by atoms with E-state index in [1.807, 2.05) is 5.73 Å². The number of nitrogen functional groups attached to an aromatic ring is 1. The van der Waals surface area contributed by atoms with E-state index in [4.69, 9.17) is 18.7 Å². The number of halogens is 1. The summed E-state index contributed by atoms with van der Waals surface area (Å²) in [7, 11) is 0. The van der Waals surface area contributed by atoms with E-state index in [0.717, 1.165) is 0 Å². The molecule has 0 aliphatic carbocycles. The minimum Gasteiger partial charge on any atom is -0.368 e. The zero-order chi connectivity index (χ0) is 9.68. The summed E-state index contributed by atoms with van der Waals surface area (Å²) in [6.45, 7) is 0.539. The molecule has 0 aromatic carbocycles. The predicted molar refractivity (Wildman–Crippen MR) is 49.0 cm³/mol. The van der Waals surface area contributed by atoms with Crippen LogP contribution in [0, 0.1) is 0 Å². The second kappa shape index (κ2) is 4.44. The summed E-state index contributed by atoms with van der Waals surface area (Å²) < 4.78 is 6.82. The van der Waals surface area contributed by atoms with E-state index >= 15 is 0 Å². The minimum atomic E-state index is 0.0734. The monoisotopic (exact) mass is 206 g/mol. The maximum absolute atomic E-state index is 6.82. The van der Waals surface area contributed by atoms with Crippen LogP contribution in [0.25, 0.3) is 0 Å². The van der Waals surface area contributed by atoms with Gasteiger partial charge in [0.25, 0.3) is 0 Å². The third-order valence-electron chi connectivity index (χ3n) is 0.937. The third kappa shape index (κ3) is 2.80. The molecule has 4 N–H and O–H groups in total. The number of anilines is 1. The van der Waals surface area contributed by atoms with Crippen LogP contribution in [0.3, 0.4) is 0 Å². The van der Waals surface area contributed by atoms with Gasteiger partial charge in [-0.3, -0.25) is 0 Å². The van der Waals surface area contributed by atoms with E-state index < -0.39 is 0 Å². The van der Waals surface area contributed by atoms with Gasteiger partial charge in [0.2, 0.25) is 11.2 Å². The van der Waals surface area contributed by atoms with E-state index in [1.54, 1.807) is 0 Å². The number of hydrogen-bond donors (Lipinski definition) is 2. The van der Waals surface area contributed by atoms with Crippen molar-refractivity contribution in [3.8, 4) is 0 Å². The van der Waals surface area contributed by atoms with Crippen LogP contribution < -0.4 is 11.5 Å². The average molecular weight is 207 g/mol. The Morgan fingerprint density at radius 2 is 2.33 bits per heavy atom. The number of rotatable bonds is 4. The molecule has 0 atom stereocenters. The van der Waals surface area contributed by atoms with Crippen molar-refractivity contribution in [1.29, 1.82) is 0 Å². The second-order valence-electron chi connectivity index (χ2n) is 1.85. The van der Waals surface area contributed by atoms with Crippen LogP contribution in [0.2, 0.25) is 6.70 Å². The van der Waals surface area contributed by atoms with Gasteiger partial charge in [-0.25, -0.2) is 0 Å². The van der Waals surface area contributed by atoms with E-state index in [-0.39, 0.29) is 11.2 Å². The molecule has 0 saturated carbocycles. The van der Waals surface area contributed by atoms with Gasteiger partial charge in [0.05, 0.1) is 0 Å². The van der Waals surface area contributed by atoms with Gasteiger partial charge in [0.1, 0.15) is 0 Å². The first kappa shape index (κ1) is 8.03. The number of nitrogens with two attached hydrogens (primary N) is 2. The zero-order valence-electron chi connectivity index (χ0n) is 7.12. The number of hydrogen-bond acceptors (Lipinski definition) is 6. The van der Waals surface area contributed by atoms with Crippen molar-refractivity contribution >= 4 is 29.3 Å². The standard InChI is InChI=1S/C5H8ClN5S/c6-3-9-4(8)11-5(10-3)12-2-1-7/h1-2,7H2,(H2,8,9,10,11)/i/hD. The topological polar surface area (TPSA) is 90.7 Å². The summed E-state index contributed by atoms with van der Waals surface area (Å²) in [4.78, 5) is 11.4. The van der Waals surface area contributed by atoms with Gasteiger partial charge in [-0.15, -0.1) is 0 Å². The molecule has 0 amide bonds. The molecular formula is C5H8ClN5S. The van der Waals surface area contributed by atoms with Gasteiger partial charge in [-0.05, 0) is 11.6 Å². The van der Waals surface area contributed by atoms with Crippen molar-refractivity contribution in [3.63, 3.8) is 0 Å². The molecule has 0 fully saturated rings. The first-order valence-corrected chi connectivity index (χ1v) is 4.55. The number of aromatic nitrogens is 3. The Morgan fingerprint density at radius 3 is 3.00 bits per heavy atom. The normalized spacial score (nSPS) is 11.0. The van der Waals surface area contributed by atoms with Crippen molar-refractivity contribution in [2.24, 2.45) is 5.73 Å². The van der Waals surface area contributed by atoms with Crippen LogP contribution in [-0.4, -0.2) is 27.2 Å². The Morgan fingerprint density at radius 1 is 1.50 bits per heavy atom. The highest BCUT2D eigenvalue weighted by atomic mass is 35.5. The molecule has 5 nitrogen and oxygen atoms in total. The van der Waals surface area contributed by atoms with E-state index in [2.05, 4.69) is 15.0 Å². The van der Waals surface area contributed by atoms with Crippen LogP contribution in [0.4, 0.5) is 5.95 Å². The number of thioether (sulfide) groups is 1. The van der Waals surface area contributed by atoms with E-state index in [9.17, 15) is 0 Å². The van der Waals surface area contributed by atoms with Crippen molar-refractivity contribution in [2.45, 2.75) is 5.16 Å². The van der Waals surface area contributed by atoms with Gasteiger partial charge in [-0.1, -0.05) is 11.8 Å². The first-order chi connectivity index (χ1) is 6.26. The summed E-state index contributed by atoms with van der Waals surface area (Å²) >= 11 is 6.95. The van der Waals surface area contributed by atoms with Gasteiger partial charge < -0.3 is 11.5 Å². The molecule has 7 heteroatoms. The fraction of sp³-hybridized carbons (Fsp3) is 0.400. The molecule has 66 valence electrons. The average Bonchev–Trinajstić information content (AvgIpc) is 2.14. The summed E-state index contributed by atoms with van der Waals surface area (Å²) in [6.07, 6.45) is 0. The molecule has 0 aliphatic rings. The molecule has 0 saturated heterocycles. The Hall–Kier alpha value is -0.590. The third-order valence-corrected chi connectivity index (χ3v) is 1.99. The lowest BCUT2D eigenvalue weighted by atomic mass is 10.8. The van der Waals surface area contributed by atoms with Crippen molar-refractivity contribution in [3.05, 3.63) is 5.28 Å². The summed E-state index contributed by atoms with van der Waals surface area (Å²) in [5.41, 5.74) is 7.35.